The van der Waals surface area contributed by atoms with E-state index in [2.05, 4.69) is 48.6 Å². The molecule has 4 unspecified atom stereocenters. The van der Waals surface area contributed by atoms with Gasteiger partial charge in [-0.25, -0.2) is 0 Å². The van der Waals surface area contributed by atoms with Crippen LogP contribution >= 0.6 is 0 Å². The maximum Gasteiger partial charge on any atom is -1.00 e. The van der Waals surface area contributed by atoms with Gasteiger partial charge in [-0.1, -0.05) is 0 Å². The first-order valence-corrected chi connectivity index (χ1v) is 27.3. The van der Waals surface area contributed by atoms with E-state index >= 15 is 0 Å². The van der Waals surface area contributed by atoms with E-state index in [-0.39, 0.29) is 24.8 Å². The Hall–Kier alpha value is -2.60. The fourth-order valence-electron chi connectivity index (χ4n) is 13.0. The van der Waals surface area contributed by atoms with E-state index in [4.69, 9.17) is 0 Å². The molecule has 1 heterocycles. The van der Waals surface area contributed by atoms with E-state index in [0.717, 1.165) is 29.5 Å². The summed E-state index contributed by atoms with van der Waals surface area (Å²) >= 11 is -3.50. The molecule has 4 atom stereocenters. The maximum absolute atomic E-state index is 13.7. The molecule has 10 rings (SSSR count). The minimum absolute atomic E-state index is 0. The topological polar surface area (TPSA) is 0 Å². The van der Waals surface area contributed by atoms with E-state index in [9.17, 15) is 26.3 Å². The molecule has 9 heteroatoms. The van der Waals surface area contributed by atoms with Crippen LogP contribution in [0.15, 0.2) is 96.1 Å². The van der Waals surface area contributed by atoms with Crippen LogP contribution < -0.4 is 24.8 Å². The van der Waals surface area contributed by atoms with Gasteiger partial charge in [0.1, 0.15) is 0 Å². The van der Waals surface area contributed by atoms with Crippen LogP contribution in [0.2, 0.25) is 7.25 Å². The fourth-order valence-corrected chi connectivity index (χ4v) is 36.3. The Bertz CT molecular complexity index is 2070. The van der Waals surface area contributed by atoms with Crippen molar-refractivity contribution in [3.63, 3.8) is 0 Å². The minimum atomic E-state index is -4.38. The number of hydrogen-bond donors (Lipinski definition) is 0. The molecule has 1 aliphatic heterocycles. The molecule has 0 amide bonds. The zero-order valence-corrected chi connectivity index (χ0v) is 37.1. The molecule has 1 saturated heterocycles. The van der Waals surface area contributed by atoms with Crippen LogP contribution in [0.5, 0.6) is 0 Å². The number of hydrogen-bond acceptors (Lipinski definition) is 0. The first kappa shape index (κ1) is 43.1. The van der Waals surface area contributed by atoms with Gasteiger partial charge in [0.15, 0.2) is 0 Å². The van der Waals surface area contributed by atoms with Gasteiger partial charge >= 0.3 is 339 Å². The minimum Gasteiger partial charge on any atom is -1.00 e. The molecule has 310 valence electrons. The van der Waals surface area contributed by atoms with Crippen molar-refractivity contribution in [2.45, 2.75) is 117 Å². The number of halogens is 8. The summed E-state index contributed by atoms with van der Waals surface area (Å²) in [5.41, 5.74) is 11.2. The number of benzene rings is 4. The molecule has 0 radical (unpaired) electrons. The summed E-state index contributed by atoms with van der Waals surface area (Å²) < 4.78 is 84.5. The number of alkyl halides is 6. The molecule has 6 aliphatic rings. The first-order valence-electron chi connectivity index (χ1n) is 21.6. The van der Waals surface area contributed by atoms with Crippen LogP contribution in [-0.4, -0.2) is 0 Å². The van der Waals surface area contributed by atoms with Crippen molar-refractivity contribution in [2.75, 3.05) is 0 Å². The summed E-state index contributed by atoms with van der Waals surface area (Å²) in [6.45, 7) is 0. The molecule has 4 fully saturated rings. The van der Waals surface area contributed by atoms with Crippen LogP contribution in [0, 0.1) is 11.8 Å². The second kappa shape index (κ2) is 16.6. The fraction of sp³-hybridized carbons (Fsp3) is 0.440. The standard InChI is InChI=1S/2C22H20F3.C6H10.2ClH.Zr/c2*23-22(24,25)19-11-9-16(10-12-19)20-8-4-7-17-13-18(14-21(17)20)15-5-2-1-3-6-15;1-2-4-6-5-3-1;;;/h2*4,7-15H,1-3,5-6H2;1-2H,3-6H2;2*1H;/q;;;;;+2/p-2. The molecule has 0 bridgehead atoms. The van der Waals surface area contributed by atoms with Crippen LogP contribution in [0.4, 0.5) is 26.3 Å². The van der Waals surface area contributed by atoms with Gasteiger partial charge in [0, 0.05) is 0 Å². The van der Waals surface area contributed by atoms with Gasteiger partial charge in [0.05, 0.1) is 0 Å². The van der Waals surface area contributed by atoms with Gasteiger partial charge in [-0.05, 0) is 0 Å². The Balaban J connectivity index is 0.00000242. The molecule has 0 nitrogen and oxygen atoms in total. The smallest absolute Gasteiger partial charge is 1.00 e. The molecular formula is C50H50Cl2F6Zr. The van der Waals surface area contributed by atoms with Crippen molar-refractivity contribution in [1.29, 1.82) is 0 Å². The van der Waals surface area contributed by atoms with E-state index in [1.165, 1.54) is 136 Å². The van der Waals surface area contributed by atoms with Crippen molar-refractivity contribution < 1.29 is 71.4 Å². The van der Waals surface area contributed by atoms with Crippen molar-refractivity contribution in [3.05, 3.63) is 129 Å². The van der Waals surface area contributed by atoms with Gasteiger partial charge < -0.3 is 24.8 Å². The quantitative estimate of drug-likeness (QED) is 0.169. The normalized spacial score (nSPS) is 25.7. The van der Waals surface area contributed by atoms with Crippen molar-refractivity contribution in [2.24, 2.45) is 11.8 Å². The van der Waals surface area contributed by atoms with Gasteiger partial charge in [-0.3, -0.25) is 0 Å². The maximum atomic E-state index is 13.7. The predicted molar refractivity (Wildman–Crippen MR) is 214 cm³/mol. The zero-order chi connectivity index (χ0) is 39.1. The molecule has 0 spiro atoms. The number of rotatable bonds is 6. The predicted octanol–water partition coefficient (Wildman–Crippen LogP) is 10.1. The summed E-state index contributed by atoms with van der Waals surface area (Å²) in [5, 5.41) is 0. The summed E-state index contributed by atoms with van der Waals surface area (Å²) in [6.07, 6.45) is 13.8. The summed E-state index contributed by atoms with van der Waals surface area (Å²) in [6, 6.07) is 24.9. The number of fused-ring (bicyclic) bond motifs is 3. The Morgan fingerprint density at radius 1 is 0.424 bits per heavy atom. The van der Waals surface area contributed by atoms with E-state index in [0.29, 0.717) is 19.1 Å². The van der Waals surface area contributed by atoms with E-state index in [1.807, 2.05) is 0 Å². The van der Waals surface area contributed by atoms with Gasteiger partial charge in [-0.15, -0.1) is 0 Å². The molecule has 0 aromatic heterocycles. The van der Waals surface area contributed by atoms with Crippen LogP contribution in [-0.2, 0) is 32.6 Å². The summed E-state index contributed by atoms with van der Waals surface area (Å²) in [5.74, 6) is 1.04. The SMILES string of the molecule is FC(F)(F)c1ccc(-c2cccc3c2C=C(C2CCCCC2)[CH]3[Zr+2]2([CH]3C(C4CCCCC4)=Cc4c(-c5ccc(C(F)(F)F)cc5)cccc43)[CH]3CCCC[CH]32)cc1.[Cl-].[Cl-]. The van der Waals surface area contributed by atoms with Gasteiger partial charge in [-0.2, -0.15) is 0 Å². The summed E-state index contributed by atoms with van der Waals surface area (Å²) in [7, 11) is 0. The average molecular weight is 927 g/mol. The summed E-state index contributed by atoms with van der Waals surface area (Å²) in [4.78, 5) is 0. The van der Waals surface area contributed by atoms with Gasteiger partial charge in [0.25, 0.3) is 0 Å². The molecule has 5 aliphatic carbocycles. The Labute approximate surface area is 361 Å². The monoisotopic (exact) mass is 924 g/mol. The second-order valence-electron chi connectivity index (χ2n) is 18.1. The second-order valence-corrected chi connectivity index (χ2v) is 29.5. The van der Waals surface area contributed by atoms with Crippen molar-refractivity contribution in [1.82, 2.24) is 0 Å². The molecule has 4 aromatic carbocycles. The Morgan fingerprint density at radius 3 is 1.14 bits per heavy atom. The molecular weight excluding hydrogens is 877 g/mol. The van der Waals surface area contributed by atoms with Crippen molar-refractivity contribution >= 4 is 12.2 Å². The molecule has 3 saturated carbocycles. The van der Waals surface area contributed by atoms with Gasteiger partial charge in [0.2, 0.25) is 0 Å². The van der Waals surface area contributed by atoms with Crippen LogP contribution in [0.1, 0.15) is 131 Å². The third-order valence-electron chi connectivity index (χ3n) is 15.3. The Morgan fingerprint density at radius 2 is 0.780 bits per heavy atom. The molecule has 4 aromatic rings. The van der Waals surface area contributed by atoms with Crippen molar-refractivity contribution in [3.8, 4) is 22.3 Å². The molecule has 0 N–H and O–H groups in total. The van der Waals surface area contributed by atoms with E-state index < -0.39 is 43.7 Å². The Kier molecular flexibility index (Phi) is 12.1. The van der Waals surface area contributed by atoms with E-state index in [1.54, 1.807) is 35.4 Å². The average Bonchev–Trinajstić information content (AvgIpc) is 3.48. The third kappa shape index (κ3) is 7.37. The number of allylic oxidation sites excluding steroid dienone is 2. The third-order valence-corrected chi connectivity index (χ3v) is 32.2. The van der Waals surface area contributed by atoms with Crippen LogP contribution in [0.3, 0.4) is 0 Å². The molecule has 59 heavy (non-hydrogen) atoms. The van der Waals surface area contributed by atoms with Crippen LogP contribution in [0.25, 0.3) is 34.4 Å². The first-order chi connectivity index (χ1) is 27.5. The largest absolute Gasteiger partial charge is 1.00 e. The zero-order valence-electron chi connectivity index (χ0n) is 33.1.